The summed E-state index contributed by atoms with van der Waals surface area (Å²) in [5.41, 5.74) is 3.52. The van der Waals surface area contributed by atoms with Gasteiger partial charge in [0.15, 0.2) is 5.01 Å². The molecule has 1 aliphatic rings. The highest BCUT2D eigenvalue weighted by atomic mass is 32.1. The van der Waals surface area contributed by atoms with Crippen LogP contribution >= 0.6 is 11.3 Å². The summed E-state index contributed by atoms with van der Waals surface area (Å²) >= 11 is 0.950. The molecule has 0 unspecified atom stereocenters. The van der Waals surface area contributed by atoms with Gasteiger partial charge >= 0.3 is 0 Å². The Morgan fingerprint density at radius 2 is 2.14 bits per heavy atom. The van der Waals surface area contributed by atoms with E-state index in [0.717, 1.165) is 16.9 Å². The zero-order chi connectivity index (χ0) is 15.7. The first-order valence-corrected chi connectivity index (χ1v) is 7.91. The summed E-state index contributed by atoms with van der Waals surface area (Å²) < 4.78 is 31.1. The number of anilines is 1. The van der Waals surface area contributed by atoms with E-state index in [1.165, 1.54) is 11.1 Å². The smallest absolute Gasteiger partial charge is 0.291 e. The van der Waals surface area contributed by atoms with E-state index in [4.69, 9.17) is 4.74 Å². The summed E-state index contributed by atoms with van der Waals surface area (Å²) in [6.45, 7) is 5.89. The summed E-state index contributed by atoms with van der Waals surface area (Å²) in [4.78, 5) is 1.97. The van der Waals surface area contributed by atoms with Crippen LogP contribution in [0.15, 0.2) is 18.2 Å². The first-order chi connectivity index (χ1) is 10.5. The van der Waals surface area contributed by atoms with Gasteiger partial charge in [-0.1, -0.05) is 35.1 Å². The molecule has 1 aromatic heterocycles. The zero-order valence-electron chi connectivity index (χ0n) is 12.4. The van der Waals surface area contributed by atoms with Gasteiger partial charge in [-0.05, 0) is 25.0 Å². The van der Waals surface area contributed by atoms with Crippen LogP contribution in [0, 0.1) is 13.8 Å². The monoisotopic (exact) mass is 325 g/mol. The molecular formula is C15H17F2N3OS. The Morgan fingerprint density at radius 1 is 1.32 bits per heavy atom. The van der Waals surface area contributed by atoms with Gasteiger partial charge in [-0.2, -0.15) is 0 Å². The SMILES string of the molecule is Cc1ccc([C@H]2CN(c3nnc(C(F)F)s3)CCO2)c(C)c1. The molecule has 2 aromatic rings. The third kappa shape index (κ3) is 3.10. The van der Waals surface area contributed by atoms with Crippen molar-refractivity contribution in [1.82, 2.24) is 10.2 Å². The van der Waals surface area contributed by atoms with Crippen molar-refractivity contribution in [2.45, 2.75) is 26.4 Å². The van der Waals surface area contributed by atoms with Crippen LogP contribution < -0.4 is 4.90 Å². The van der Waals surface area contributed by atoms with E-state index >= 15 is 0 Å². The number of alkyl halides is 2. The van der Waals surface area contributed by atoms with E-state index in [-0.39, 0.29) is 11.1 Å². The topological polar surface area (TPSA) is 38.2 Å². The molecule has 4 nitrogen and oxygen atoms in total. The van der Waals surface area contributed by atoms with Crippen molar-refractivity contribution in [1.29, 1.82) is 0 Å². The van der Waals surface area contributed by atoms with E-state index in [1.807, 2.05) is 4.90 Å². The number of rotatable bonds is 3. The molecule has 2 heterocycles. The van der Waals surface area contributed by atoms with Crippen molar-refractivity contribution in [3.63, 3.8) is 0 Å². The summed E-state index contributed by atoms with van der Waals surface area (Å²) in [6, 6.07) is 6.26. The molecule has 0 aliphatic carbocycles. The molecule has 0 N–H and O–H groups in total. The van der Waals surface area contributed by atoms with Gasteiger partial charge in [0.25, 0.3) is 6.43 Å². The molecule has 3 rings (SSSR count). The summed E-state index contributed by atoms with van der Waals surface area (Å²) in [7, 11) is 0. The normalized spacial score (nSPS) is 19.0. The minimum Gasteiger partial charge on any atom is -0.370 e. The average molecular weight is 325 g/mol. The molecule has 0 bridgehead atoms. The third-order valence-electron chi connectivity index (χ3n) is 3.73. The molecule has 1 atom stereocenters. The fourth-order valence-electron chi connectivity index (χ4n) is 2.64. The minimum absolute atomic E-state index is 0.0757. The van der Waals surface area contributed by atoms with Crippen LogP contribution in [0.25, 0.3) is 0 Å². The zero-order valence-corrected chi connectivity index (χ0v) is 13.2. The Bertz CT molecular complexity index is 662. The van der Waals surface area contributed by atoms with E-state index in [9.17, 15) is 8.78 Å². The summed E-state index contributed by atoms with van der Waals surface area (Å²) in [6.07, 6.45) is -2.64. The van der Waals surface area contributed by atoms with Crippen molar-refractivity contribution >= 4 is 16.5 Å². The number of hydrogen-bond acceptors (Lipinski definition) is 5. The first kappa shape index (κ1) is 15.3. The standard InChI is InChI=1S/C15H17F2N3OS/c1-9-3-4-11(10(2)7-9)12-8-20(5-6-21-12)15-19-18-14(22-15)13(16)17/h3-4,7,12-13H,5-6,8H2,1-2H3/t12-/m1/s1. The molecule has 1 aromatic carbocycles. The largest absolute Gasteiger partial charge is 0.370 e. The van der Waals surface area contributed by atoms with Gasteiger partial charge in [-0.3, -0.25) is 0 Å². The van der Waals surface area contributed by atoms with Gasteiger partial charge in [-0.15, -0.1) is 10.2 Å². The van der Waals surface area contributed by atoms with Crippen LogP contribution in [0.5, 0.6) is 0 Å². The lowest BCUT2D eigenvalue weighted by Crippen LogP contribution is -2.38. The maximum absolute atomic E-state index is 12.6. The van der Waals surface area contributed by atoms with Gasteiger partial charge in [0.1, 0.15) is 6.10 Å². The number of nitrogens with zero attached hydrogens (tertiary/aromatic N) is 3. The van der Waals surface area contributed by atoms with Gasteiger partial charge < -0.3 is 9.64 Å². The Balaban J connectivity index is 1.78. The fourth-order valence-corrected chi connectivity index (χ4v) is 3.37. The van der Waals surface area contributed by atoms with Crippen LogP contribution in [0.1, 0.15) is 34.2 Å². The Hall–Kier alpha value is -1.60. The second-order valence-electron chi connectivity index (χ2n) is 5.39. The van der Waals surface area contributed by atoms with Gasteiger partial charge in [0, 0.05) is 6.54 Å². The Morgan fingerprint density at radius 3 is 2.82 bits per heavy atom. The molecule has 1 saturated heterocycles. The molecule has 118 valence electrons. The lowest BCUT2D eigenvalue weighted by Gasteiger charge is -2.33. The molecule has 0 spiro atoms. The lowest BCUT2D eigenvalue weighted by molar-refractivity contribution is 0.0393. The lowest BCUT2D eigenvalue weighted by atomic mass is 10.00. The number of aryl methyl sites for hydroxylation is 2. The number of morpholine rings is 1. The molecule has 0 saturated carbocycles. The number of aromatic nitrogens is 2. The van der Waals surface area contributed by atoms with Crippen molar-refractivity contribution in [3.05, 3.63) is 39.9 Å². The number of benzene rings is 1. The predicted molar refractivity (Wildman–Crippen MR) is 81.7 cm³/mol. The van der Waals surface area contributed by atoms with Crippen molar-refractivity contribution < 1.29 is 13.5 Å². The van der Waals surface area contributed by atoms with Crippen LogP contribution in [-0.2, 0) is 4.74 Å². The molecule has 0 radical (unpaired) electrons. The summed E-state index contributed by atoms with van der Waals surface area (Å²) in [5.74, 6) is 0. The average Bonchev–Trinajstić information content (AvgIpc) is 2.97. The maximum atomic E-state index is 12.6. The van der Waals surface area contributed by atoms with Crippen molar-refractivity contribution in [2.24, 2.45) is 0 Å². The number of halogens is 2. The highest BCUT2D eigenvalue weighted by Gasteiger charge is 2.26. The predicted octanol–water partition coefficient (Wildman–Crippen LogP) is 3.67. The molecule has 7 heteroatoms. The molecule has 0 amide bonds. The highest BCUT2D eigenvalue weighted by molar-refractivity contribution is 7.15. The van der Waals surface area contributed by atoms with E-state index in [0.29, 0.717) is 24.8 Å². The quantitative estimate of drug-likeness (QED) is 0.863. The van der Waals surface area contributed by atoms with E-state index in [2.05, 4.69) is 42.2 Å². The third-order valence-corrected chi connectivity index (χ3v) is 4.72. The molecule has 1 fully saturated rings. The number of ether oxygens (including phenoxy) is 1. The highest BCUT2D eigenvalue weighted by Crippen LogP contribution is 2.32. The fraction of sp³-hybridized carbons (Fsp3) is 0.467. The maximum Gasteiger partial charge on any atom is 0.291 e. The van der Waals surface area contributed by atoms with Crippen LogP contribution in [-0.4, -0.2) is 29.9 Å². The Labute approximate surface area is 131 Å². The second-order valence-corrected chi connectivity index (χ2v) is 6.38. The molecular weight excluding hydrogens is 308 g/mol. The van der Waals surface area contributed by atoms with Crippen LogP contribution in [0.3, 0.4) is 0 Å². The minimum atomic E-state index is -2.57. The molecule has 1 aliphatic heterocycles. The van der Waals surface area contributed by atoms with Gasteiger partial charge in [0.05, 0.1) is 13.2 Å². The first-order valence-electron chi connectivity index (χ1n) is 7.10. The van der Waals surface area contributed by atoms with E-state index < -0.39 is 6.43 Å². The number of hydrogen-bond donors (Lipinski definition) is 0. The Kier molecular flexibility index (Phi) is 4.35. The van der Waals surface area contributed by atoms with E-state index in [1.54, 1.807) is 0 Å². The molecule has 22 heavy (non-hydrogen) atoms. The van der Waals surface area contributed by atoms with Gasteiger partial charge in [0.2, 0.25) is 5.13 Å². The van der Waals surface area contributed by atoms with Crippen molar-refractivity contribution in [3.8, 4) is 0 Å². The van der Waals surface area contributed by atoms with Crippen LogP contribution in [0.2, 0.25) is 0 Å². The second kappa shape index (κ2) is 6.26. The summed E-state index contributed by atoms with van der Waals surface area (Å²) in [5, 5.41) is 7.74. The van der Waals surface area contributed by atoms with Crippen LogP contribution in [0.4, 0.5) is 13.9 Å². The van der Waals surface area contributed by atoms with Gasteiger partial charge in [-0.25, -0.2) is 8.78 Å². The van der Waals surface area contributed by atoms with Crippen molar-refractivity contribution in [2.75, 3.05) is 24.6 Å².